The van der Waals surface area contributed by atoms with E-state index in [2.05, 4.69) is 43.4 Å². The highest BCUT2D eigenvalue weighted by molar-refractivity contribution is 5.79. The lowest BCUT2D eigenvalue weighted by Gasteiger charge is -2.20. The number of rotatable bonds is 8. The van der Waals surface area contributed by atoms with E-state index in [4.69, 9.17) is 4.74 Å². The van der Waals surface area contributed by atoms with Gasteiger partial charge in [0.25, 0.3) is 0 Å². The second-order valence-electron chi connectivity index (χ2n) is 9.06. The first kappa shape index (κ1) is 23.0. The van der Waals surface area contributed by atoms with Crippen molar-refractivity contribution in [1.82, 2.24) is 5.32 Å². The molecule has 0 bridgehead atoms. The Hall–Kier alpha value is -3.15. The molecule has 2 atom stereocenters. The first-order valence-corrected chi connectivity index (χ1v) is 11.5. The Kier molecular flexibility index (Phi) is 7.11. The van der Waals surface area contributed by atoms with Crippen LogP contribution < -0.4 is 5.32 Å². The van der Waals surface area contributed by atoms with Crippen LogP contribution in [-0.4, -0.2) is 35.6 Å². The Morgan fingerprint density at radius 2 is 1.48 bits per heavy atom. The summed E-state index contributed by atoms with van der Waals surface area (Å²) in [5.41, 5.74) is 6.42. The maximum atomic E-state index is 12.3. The van der Waals surface area contributed by atoms with Crippen molar-refractivity contribution in [3.8, 4) is 11.1 Å². The van der Waals surface area contributed by atoms with E-state index < -0.39 is 18.3 Å². The summed E-state index contributed by atoms with van der Waals surface area (Å²) in [4.78, 5) is 12.3. The molecule has 5 heteroatoms. The highest BCUT2D eigenvalue weighted by atomic mass is 16.5. The van der Waals surface area contributed by atoms with E-state index in [1.165, 1.54) is 16.7 Å². The molecule has 5 nitrogen and oxygen atoms in total. The van der Waals surface area contributed by atoms with Crippen LogP contribution in [0.5, 0.6) is 0 Å². The van der Waals surface area contributed by atoms with Gasteiger partial charge in [-0.05, 0) is 45.7 Å². The third-order valence-corrected chi connectivity index (χ3v) is 6.13. The van der Waals surface area contributed by atoms with Crippen molar-refractivity contribution in [2.45, 2.75) is 38.4 Å². The summed E-state index contributed by atoms with van der Waals surface area (Å²) in [5.74, 6) is 0.524. The van der Waals surface area contributed by atoms with E-state index in [0.29, 0.717) is 11.5 Å². The molecular formula is C28H31NO4. The van der Waals surface area contributed by atoms with Crippen molar-refractivity contribution in [2.24, 2.45) is 5.92 Å². The smallest absolute Gasteiger partial charge is 0.407 e. The number of hydrogen-bond acceptors (Lipinski definition) is 4. The van der Waals surface area contributed by atoms with Crippen LogP contribution in [0, 0.1) is 5.92 Å². The van der Waals surface area contributed by atoms with Gasteiger partial charge >= 0.3 is 6.09 Å². The van der Waals surface area contributed by atoms with Crippen molar-refractivity contribution in [2.75, 3.05) is 13.2 Å². The quantitative estimate of drug-likeness (QED) is 0.465. The molecule has 0 saturated heterocycles. The number of carbonyl (C=O) groups excluding carboxylic acids is 1. The molecule has 0 aliphatic heterocycles. The molecule has 172 valence electrons. The summed E-state index contributed by atoms with van der Waals surface area (Å²) in [5, 5.41) is 23.4. The number of hydrogen-bond donors (Lipinski definition) is 3. The summed E-state index contributed by atoms with van der Waals surface area (Å²) in [6.45, 7) is 4.41. The number of carbonyl (C=O) groups is 1. The third-order valence-electron chi connectivity index (χ3n) is 6.13. The average Bonchev–Trinajstić information content (AvgIpc) is 3.14. The second-order valence-corrected chi connectivity index (χ2v) is 9.06. The van der Waals surface area contributed by atoms with Crippen LogP contribution in [0.15, 0.2) is 72.8 Å². The normalized spacial score (nSPS) is 14.5. The third kappa shape index (κ3) is 5.27. The van der Waals surface area contributed by atoms with E-state index in [9.17, 15) is 15.0 Å². The lowest BCUT2D eigenvalue weighted by atomic mass is 9.98. The summed E-state index contributed by atoms with van der Waals surface area (Å²) in [7, 11) is 0. The number of fused-ring (bicyclic) bond motifs is 3. The predicted molar refractivity (Wildman–Crippen MR) is 129 cm³/mol. The lowest BCUT2D eigenvalue weighted by Crippen LogP contribution is -2.36. The van der Waals surface area contributed by atoms with Gasteiger partial charge in [0.2, 0.25) is 0 Å². The van der Waals surface area contributed by atoms with Crippen LogP contribution in [0.3, 0.4) is 0 Å². The zero-order valence-corrected chi connectivity index (χ0v) is 19.1. The van der Waals surface area contributed by atoms with Crippen molar-refractivity contribution in [3.05, 3.63) is 95.1 Å². The maximum Gasteiger partial charge on any atom is 0.407 e. The van der Waals surface area contributed by atoms with E-state index >= 15 is 0 Å². The van der Waals surface area contributed by atoms with Crippen molar-refractivity contribution >= 4 is 6.09 Å². The van der Waals surface area contributed by atoms with E-state index in [-0.39, 0.29) is 19.1 Å². The Morgan fingerprint density at radius 1 is 0.909 bits per heavy atom. The molecule has 0 heterocycles. The molecular weight excluding hydrogens is 414 g/mol. The van der Waals surface area contributed by atoms with Crippen LogP contribution in [0.4, 0.5) is 4.79 Å². The van der Waals surface area contributed by atoms with Gasteiger partial charge in [-0.3, -0.25) is 0 Å². The molecule has 33 heavy (non-hydrogen) atoms. The van der Waals surface area contributed by atoms with Crippen LogP contribution in [0.1, 0.15) is 48.1 Å². The largest absolute Gasteiger partial charge is 0.449 e. The first-order valence-electron chi connectivity index (χ1n) is 11.5. The van der Waals surface area contributed by atoms with E-state index in [1.807, 2.05) is 48.5 Å². The molecule has 3 aromatic rings. The standard InChI is InChI=1S/C28H31NO4/c1-18(2)15-19-11-13-20(14-12-19)27(31)26(30)16-29-28(32)33-17-25-23-9-5-3-7-21(23)22-8-4-6-10-24(22)25/h3-14,18,25-27,30-31H,15-17H2,1-2H3,(H,29,32). The van der Waals surface area contributed by atoms with Crippen LogP contribution >= 0.6 is 0 Å². The lowest BCUT2D eigenvalue weighted by molar-refractivity contribution is 0.0185. The van der Waals surface area contributed by atoms with Crippen LogP contribution in [-0.2, 0) is 11.2 Å². The van der Waals surface area contributed by atoms with Crippen molar-refractivity contribution in [3.63, 3.8) is 0 Å². The fourth-order valence-electron chi connectivity index (χ4n) is 4.49. The fourth-order valence-corrected chi connectivity index (χ4v) is 4.49. The molecule has 1 aliphatic rings. The van der Waals surface area contributed by atoms with Gasteiger partial charge in [0.1, 0.15) is 18.8 Å². The Bertz CT molecular complexity index is 1050. The van der Waals surface area contributed by atoms with Gasteiger partial charge in [0.15, 0.2) is 0 Å². The monoisotopic (exact) mass is 445 g/mol. The molecule has 0 spiro atoms. The second kappa shape index (κ2) is 10.2. The summed E-state index contributed by atoms with van der Waals surface area (Å²) < 4.78 is 5.49. The topological polar surface area (TPSA) is 78.8 Å². The minimum Gasteiger partial charge on any atom is -0.449 e. The number of alkyl carbamates (subject to hydrolysis) is 1. The van der Waals surface area contributed by atoms with Crippen molar-refractivity contribution in [1.29, 1.82) is 0 Å². The minimum absolute atomic E-state index is 0.0250. The zero-order valence-electron chi connectivity index (χ0n) is 19.1. The van der Waals surface area contributed by atoms with E-state index in [0.717, 1.165) is 17.5 Å². The molecule has 0 radical (unpaired) electrons. The Morgan fingerprint density at radius 3 is 2.06 bits per heavy atom. The Balaban J connectivity index is 1.30. The van der Waals surface area contributed by atoms with Gasteiger partial charge in [-0.15, -0.1) is 0 Å². The van der Waals surface area contributed by atoms with Gasteiger partial charge in [-0.1, -0.05) is 86.6 Å². The SMILES string of the molecule is CC(C)Cc1ccc(C(O)C(O)CNC(=O)OCC2c3ccccc3-c3ccccc32)cc1. The van der Waals surface area contributed by atoms with Crippen molar-refractivity contribution < 1.29 is 19.7 Å². The molecule has 2 unspecified atom stereocenters. The molecule has 3 N–H and O–H groups in total. The molecule has 1 amide bonds. The van der Waals surface area contributed by atoms with Gasteiger partial charge in [0.05, 0.1) is 0 Å². The van der Waals surface area contributed by atoms with Gasteiger partial charge in [-0.2, -0.15) is 0 Å². The number of aliphatic hydroxyl groups is 2. The predicted octanol–water partition coefficient (Wildman–Crippen LogP) is 4.82. The Labute approximate surface area is 195 Å². The summed E-state index contributed by atoms with van der Waals surface area (Å²) >= 11 is 0. The van der Waals surface area contributed by atoms with Crippen LogP contribution in [0.2, 0.25) is 0 Å². The van der Waals surface area contributed by atoms with Crippen LogP contribution in [0.25, 0.3) is 11.1 Å². The highest BCUT2D eigenvalue weighted by Gasteiger charge is 2.29. The molecule has 0 fully saturated rings. The van der Waals surface area contributed by atoms with Gasteiger partial charge in [0, 0.05) is 12.5 Å². The zero-order chi connectivity index (χ0) is 23.4. The minimum atomic E-state index is -1.14. The number of benzene rings is 3. The number of nitrogens with one attached hydrogen (secondary N) is 1. The molecule has 0 aromatic heterocycles. The molecule has 1 aliphatic carbocycles. The number of aliphatic hydroxyl groups excluding tert-OH is 2. The van der Waals surface area contributed by atoms with Gasteiger partial charge in [-0.25, -0.2) is 4.79 Å². The maximum absolute atomic E-state index is 12.3. The summed E-state index contributed by atoms with van der Waals surface area (Å²) in [6.07, 6.45) is -1.88. The average molecular weight is 446 g/mol. The fraction of sp³-hybridized carbons (Fsp3) is 0.321. The summed E-state index contributed by atoms with van der Waals surface area (Å²) in [6, 6.07) is 23.9. The number of amides is 1. The van der Waals surface area contributed by atoms with E-state index in [1.54, 1.807) is 0 Å². The molecule has 0 saturated carbocycles. The first-order chi connectivity index (χ1) is 15.9. The number of ether oxygens (including phenoxy) is 1. The molecule has 4 rings (SSSR count). The van der Waals surface area contributed by atoms with Gasteiger partial charge < -0.3 is 20.3 Å². The molecule has 3 aromatic carbocycles. The highest BCUT2D eigenvalue weighted by Crippen LogP contribution is 2.44.